The highest BCUT2D eigenvalue weighted by Crippen LogP contribution is 2.37. The first-order valence-corrected chi connectivity index (χ1v) is 10.3. The number of amides is 3. The Hall–Kier alpha value is -2.18. The predicted molar refractivity (Wildman–Crippen MR) is 102 cm³/mol. The number of nitrogens with zero attached hydrogens (tertiary/aromatic N) is 5. The van der Waals surface area contributed by atoms with Crippen LogP contribution in [0.1, 0.15) is 75.3 Å². The Labute approximate surface area is 160 Å². The number of likely N-dealkylation sites (N-methyl/N-ethyl adjacent to an activating group) is 1. The van der Waals surface area contributed by atoms with Gasteiger partial charge in [-0.25, -0.2) is 13.9 Å². The number of imidazole rings is 1. The lowest BCUT2D eigenvalue weighted by Crippen LogP contribution is -2.63. The zero-order valence-corrected chi connectivity index (χ0v) is 16.9. The number of rotatable bonds is 4. The molecule has 7 heteroatoms. The largest absolute Gasteiger partial charge is 0.402 e. The molecule has 3 amide bonds. The van der Waals surface area contributed by atoms with Gasteiger partial charge in [-0.1, -0.05) is 24.8 Å². The number of aromatic nitrogens is 2. The first-order valence-electron chi connectivity index (χ1n) is 10.3. The van der Waals surface area contributed by atoms with Crippen LogP contribution in [0.3, 0.4) is 0 Å². The Bertz CT molecular complexity index is 819. The average Bonchev–Trinajstić information content (AvgIpc) is 3.17. The second-order valence-electron chi connectivity index (χ2n) is 8.06. The molecule has 27 heavy (non-hydrogen) atoms. The molecule has 2 aliphatic heterocycles. The molecule has 1 aromatic heterocycles. The van der Waals surface area contributed by atoms with Gasteiger partial charge in [0.1, 0.15) is 11.4 Å². The first-order chi connectivity index (χ1) is 13.0. The quantitative estimate of drug-likeness (QED) is 0.762. The first kappa shape index (κ1) is 18.2. The Morgan fingerprint density at radius 2 is 1.85 bits per heavy atom. The molecular weight excluding hydrogens is 342 g/mol. The summed E-state index contributed by atoms with van der Waals surface area (Å²) in [7, 11) is 1.74. The molecule has 0 N–H and O–H groups in total. The molecule has 4 rings (SSSR count). The van der Waals surface area contributed by atoms with Gasteiger partial charge in [0, 0.05) is 13.6 Å². The number of carbonyl (C=O) groups is 2. The summed E-state index contributed by atoms with van der Waals surface area (Å²) in [5, 5.41) is 0. The van der Waals surface area contributed by atoms with Crippen LogP contribution in [-0.2, 0) is 4.79 Å². The molecule has 1 saturated carbocycles. The SMILES string of the molecule is CCCCN1C(=O)C2C(=Nc3n(C4CCCCC4)c(C)c(C)[n+]32)N(C)C1=O. The van der Waals surface area contributed by atoms with E-state index in [4.69, 9.17) is 4.99 Å². The van der Waals surface area contributed by atoms with Crippen molar-refractivity contribution in [2.45, 2.75) is 77.8 Å². The van der Waals surface area contributed by atoms with E-state index in [9.17, 15) is 9.59 Å². The van der Waals surface area contributed by atoms with Gasteiger partial charge in [0.25, 0.3) is 5.91 Å². The summed E-state index contributed by atoms with van der Waals surface area (Å²) in [6.45, 7) is 6.73. The third-order valence-corrected chi connectivity index (χ3v) is 6.43. The number of unbranched alkanes of at least 4 members (excludes halogenated alkanes) is 1. The Morgan fingerprint density at radius 1 is 1.15 bits per heavy atom. The summed E-state index contributed by atoms with van der Waals surface area (Å²) in [4.78, 5) is 33.8. The highest BCUT2D eigenvalue weighted by Gasteiger charge is 2.54. The topological polar surface area (TPSA) is 61.8 Å². The number of fused-ring (bicyclic) bond motifs is 3. The summed E-state index contributed by atoms with van der Waals surface area (Å²) in [6, 6.07) is -0.332. The van der Waals surface area contributed by atoms with E-state index in [0.29, 0.717) is 18.4 Å². The maximum absolute atomic E-state index is 13.2. The molecule has 2 fully saturated rings. The van der Waals surface area contributed by atoms with E-state index in [0.717, 1.165) is 37.3 Å². The number of amidine groups is 1. The second-order valence-corrected chi connectivity index (χ2v) is 8.06. The molecule has 3 aliphatic rings. The second kappa shape index (κ2) is 6.77. The van der Waals surface area contributed by atoms with Crippen molar-refractivity contribution in [3.63, 3.8) is 0 Å². The van der Waals surface area contributed by atoms with Crippen molar-refractivity contribution >= 4 is 23.7 Å². The van der Waals surface area contributed by atoms with Crippen molar-refractivity contribution in [3.05, 3.63) is 11.4 Å². The zero-order valence-electron chi connectivity index (χ0n) is 16.9. The molecular formula is C20H30N5O2+. The van der Waals surface area contributed by atoms with E-state index in [2.05, 4.69) is 29.9 Å². The van der Waals surface area contributed by atoms with E-state index in [1.165, 1.54) is 29.9 Å². The molecule has 1 aromatic rings. The van der Waals surface area contributed by atoms with Crippen LogP contribution in [0.2, 0.25) is 0 Å². The summed E-state index contributed by atoms with van der Waals surface area (Å²) in [5.41, 5.74) is 2.26. The summed E-state index contributed by atoms with van der Waals surface area (Å²) >= 11 is 0. The molecule has 1 atom stereocenters. The minimum Gasteiger partial charge on any atom is -0.270 e. The van der Waals surface area contributed by atoms with Gasteiger partial charge in [0.2, 0.25) is 11.9 Å². The number of hydrogen-bond acceptors (Lipinski definition) is 3. The van der Waals surface area contributed by atoms with Crippen molar-refractivity contribution < 1.29 is 14.2 Å². The molecule has 0 spiro atoms. The number of aliphatic imine (C=N–C) groups is 1. The van der Waals surface area contributed by atoms with Crippen molar-refractivity contribution in [1.29, 1.82) is 0 Å². The molecule has 0 aromatic carbocycles. The lowest BCUT2D eigenvalue weighted by atomic mass is 9.95. The third kappa shape index (κ3) is 2.62. The number of urea groups is 1. The highest BCUT2D eigenvalue weighted by molar-refractivity contribution is 6.19. The van der Waals surface area contributed by atoms with Crippen LogP contribution in [0, 0.1) is 13.8 Å². The normalized spacial score (nSPS) is 23.0. The molecule has 1 aliphatic carbocycles. The summed E-state index contributed by atoms with van der Waals surface area (Å²) < 4.78 is 4.38. The fourth-order valence-electron chi connectivity index (χ4n) is 4.76. The maximum Gasteiger partial charge on any atom is 0.402 e. The fourth-order valence-corrected chi connectivity index (χ4v) is 4.76. The summed E-state index contributed by atoms with van der Waals surface area (Å²) in [6.07, 6.45) is 7.85. The van der Waals surface area contributed by atoms with Gasteiger partial charge >= 0.3 is 12.0 Å². The van der Waals surface area contributed by atoms with Crippen molar-refractivity contribution in [2.75, 3.05) is 13.6 Å². The van der Waals surface area contributed by atoms with Gasteiger partial charge in [-0.05, 0) is 46.0 Å². The molecule has 146 valence electrons. The summed E-state index contributed by atoms with van der Waals surface area (Å²) in [5.74, 6) is 1.26. The molecule has 3 heterocycles. The monoisotopic (exact) mass is 372 g/mol. The number of carbonyl (C=O) groups excluding carboxylic acids is 2. The lowest BCUT2D eigenvalue weighted by Gasteiger charge is -2.33. The third-order valence-electron chi connectivity index (χ3n) is 6.43. The Kier molecular flexibility index (Phi) is 4.56. The predicted octanol–water partition coefficient (Wildman–Crippen LogP) is 3.18. The van der Waals surface area contributed by atoms with Gasteiger partial charge in [-0.2, -0.15) is 0 Å². The van der Waals surface area contributed by atoms with Crippen LogP contribution in [-0.4, -0.2) is 45.7 Å². The minimum atomic E-state index is -0.511. The van der Waals surface area contributed by atoms with E-state index in [-0.39, 0.29) is 11.9 Å². The van der Waals surface area contributed by atoms with E-state index in [1.54, 1.807) is 11.9 Å². The van der Waals surface area contributed by atoms with Gasteiger partial charge in [0.15, 0.2) is 0 Å². The van der Waals surface area contributed by atoms with E-state index in [1.807, 2.05) is 0 Å². The van der Waals surface area contributed by atoms with Gasteiger partial charge in [-0.15, -0.1) is 0 Å². The maximum atomic E-state index is 13.2. The zero-order chi connectivity index (χ0) is 19.3. The molecule has 0 bridgehead atoms. The van der Waals surface area contributed by atoms with Crippen molar-refractivity contribution in [3.8, 4) is 0 Å². The van der Waals surface area contributed by atoms with E-state index >= 15 is 0 Å². The molecule has 7 nitrogen and oxygen atoms in total. The van der Waals surface area contributed by atoms with Crippen LogP contribution in [0.5, 0.6) is 0 Å². The standard InChI is InChI=1S/C20H30N5O2/c1-5-6-12-23-18(26)16-17(22(4)20(23)27)21-19-24(13(2)14(3)25(16)19)15-10-8-7-9-11-15/h15-16H,5-12H2,1-4H3/q+1. The number of imide groups is 1. The molecule has 1 saturated heterocycles. The molecule has 0 radical (unpaired) electrons. The lowest BCUT2D eigenvalue weighted by molar-refractivity contribution is -0.683. The van der Waals surface area contributed by atoms with Gasteiger partial charge < -0.3 is 0 Å². The van der Waals surface area contributed by atoms with Crippen molar-refractivity contribution in [2.24, 2.45) is 4.99 Å². The Morgan fingerprint density at radius 3 is 2.52 bits per heavy atom. The Balaban J connectivity index is 1.78. The van der Waals surface area contributed by atoms with Gasteiger partial charge in [-0.3, -0.25) is 14.6 Å². The van der Waals surface area contributed by atoms with Crippen LogP contribution in [0.15, 0.2) is 4.99 Å². The van der Waals surface area contributed by atoms with Crippen LogP contribution < -0.4 is 4.57 Å². The fraction of sp³-hybridized carbons (Fsp3) is 0.700. The van der Waals surface area contributed by atoms with Crippen molar-refractivity contribution in [1.82, 2.24) is 14.4 Å². The van der Waals surface area contributed by atoms with Crippen LogP contribution >= 0.6 is 0 Å². The van der Waals surface area contributed by atoms with Crippen LogP contribution in [0.25, 0.3) is 0 Å². The van der Waals surface area contributed by atoms with Gasteiger partial charge in [0.05, 0.1) is 6.04 Å². The smallest absolute Gasteiger partial charge is 0.270 e. The number of hydrogen-bond donors (Lipinski definition) is 0. The molecule has 1 unspecified atom stereocenters. The van der Waals surface area contributed by atoms with Crippen LogP contribution in [0.4, 0.5) is 10.7 Å². The minimum absolute atomic E-state index is 0.141. The average molecular weight is 372 g/mol. The highest BCUT2D eigenvalue weighted by atomic mass is 16.2. The van der Waals surface area contributed by atoms with E-state index < -0.39 is 6.04 Å².